The molecule has 3 nitrogen and oxygen atoms in total. The Hall–Kier alpha value is -0.0375. The molecule has 0 saturated carbocycles. The van der Waals surface area contributed by atoms with Crippen LogP contribution in [0.5, 0.6) is 0 Å². The minimum absolute atomic E-state index is 0. The summed E-state index contributed by atoms with van der Waals surface area (Å²) in [6.07, 6.45) is 1.15. The Balaban J connectivity index is 0. The average Bonchev–Trinajstić information content (AvgIpc) is 1.87. The Morgan fingerprint density at radius 3 is 2.50 bits per heavy atom. The molecule has 0 aromatic heterocycles. The van der Waals surface area contributed by atoms with Crippen LogP contribution in [0.15, 0.2) is 0 Å². The molecule has 0 aromatic rings. The van der Waals surface area contributed by atoms with Crippen LogP contribution in [0.1, 0.15) is 33.1 Å². The molecule has 0 heterocycles. The molecule has 12 heavy (non-hydrogen) atoms. The number of aliphatic hydroxyl groups is 1. The first kappa shape index (κ1) is 14.5. The first-order valence-corrected chi connectivity index (χ1v) is 4.04. The Morgan fingerprint density at radius 1 is 1.50 bits per heavy atom. The molecule has 0 aliphatic rings. The van der Waals surface area contributed by atoms with Gasteiger partial charge in [0.05, 0.1) is 19.1 Å². The molecule has 0 amide bonds. The number of ether oxygens (including phenoxy) is 1. The maximum Gasteiger partial charge on any atom is 0.308 e. The Morgan fingerprint density at radius 2 is 2.08 bits per heavy atom. The second kappa shape index (κ2) is 9.05. The normalized spacial score (nSPS) is 11.6. The molecule has 1 unspecified atom stereocenters. The third-order valence-corrected chi connectivity index (χ3v) is 1.33. The Kier molecular flexibility index (Phi) is 10.9. The summed E-state index contributed by atoms with van der Waals surface area (Å²) < 4.78 is 4.66. The van der Waals surface area contributed by atoms with Gasteiger partial charge in [0.25, 0.3) is 0 Å². The highest BCUT2D eigenvalue weighted by Crippen LogP contribution is 2.01. The number of hydrogen-bond donors (Lipinski definition) is 1. The van der Waals surface area contributed by atoms with Gasteiger partial charge in [-0.15, -0.1) is 0 Å². The molecule has 0 fully saturated rings. The highest BCUT2D eigenvalue weighted by atomic mass is 27.0. The second-order valence-corrected chi connectivity index (χ2v) is 2.45. The molecular formula is C8H19AlO3. The number of carbonyl (C=O) groups excluding carboxylic acids is 1. The molecule has 0 radical (unpaired) electrons. The van der Waals surface area contributed by atoms with Crippen LogP contribution in [0.3, 0.4) is 0 Å². The highest BCUT2D eigenvalue weighted by molar-refractivity contribution is 5.75. The lowest BCUT2D eigenvalue weighted by Crippen LogP contribution is -2.15. The summed E-state index contributed by atoms with van der Waals surface area (Å²) in [7, 11) is 0. The monoisotopic (exact) mass is 190 g/mol. The maximum absolute atomic E-state index is 10.7. The maximum atomic E-state index is 10.7. The fraction of sp³-hybridized carbons (Fsp3) is 0.875. The largest absolute Gasteiger partial charge is 0.466 e. The number of hydrogen-bond acceptors (Lipinski definition) is 3. The van der Waals surface area contributed by atoms with E-state index in [2.05, 4.69) is 4.74 Å². The van der Waals surface area contributed by atoms with Crippen molar-refractivity contribution in [2.45, 2.75) is 39.2 Å². The van der Waals surface area contributed by atoms with E-state index in [0.29, 0.717) is 13.0 Å². The SMILES string of the molecule is CCCC(O)CC(=O)OCC.[AlH3]. The van der Waals surface area contributed by atoms with Crippen molar-refractivity contribution in [3.05, 3.63) is 0 Å². The molecule has 0 saturated heterocycles. The van der Waals surface area contributed by atoms with E-state index in [1.54, 1.807) is 6.92 Å². The van der Waals surface area contributed by atoms with Gasteiger partial charge in [-0.25, -0.2) is 0 Å². The van der Waals surface area contributed by atoms with Crippen LogP contribution in [-0.2, 0) is 9.53 Å². The van der Waals surface area contributed by atoms with Crippen LogP contribution < -0.4 is 0 Å². The summed E-state index contributed by atoms with van der Waals surface area (Å²) in [5.74, 6) is -0.312. The average molecular weight is 190 g/mol. The molecule has 0 aliphatic heterocycles. The Labute approximate surface area is 84.2 Å². The smallest absolute Gasteiger partial charge is 0.308 e. The standard InChI is InChI=1S/C8H16O3.Al.3H/c1-3-5-7(9)6-8(10)11-4-2;;;;/h7,9H,3-6H2,1-2H3;;;;. The first-order chi connectivity index (χ1) is 5.20. The molecule has 72 valence electrons. The van der Waals surface area contributed by atoms with Crippen LogP contribution in [0, 0.1) is 0 Å². The lowest BCUT2D eigenvalue weighted by atomic mass is 10.1. The molecule has 0 aliphatic carbocycles. The van der Waals surface area contributed by atoms with Crippen molar-refractivity contribution >= 4 is 23.3 Å². The molecule has 1 N–H and O–H groups in total. The topological polar surface area (TPSA) is 46.5 Å². The summed E-state index contributed by atoms with van der Waals surface area (Å²) in [5, 5.41) is 9.15. The first-order valence-electron chi connectivity index (χ1n) is 4.04. The number of esters is 1. The Bertz CT molecular complexity index is 117. The molecular weight excluding hydrogens is 171 g/mol. The van der Waals surface area contributed by atoms with Gasteiger partial charge < -0.3 is 9.84 Å². The predicted octanol–water partition coefficient (Wildman–Crippen LogP) is -0.0833. The lowest BCUT2D eigenvalue weighted by molar-refractivity contribution is -0.145. The summed E-state index contributed by atoms with van der Waals surface area (Å²) in [6.45, 7) is 4.11. The summed E-state index contributed by atoms with van der Waals surface area (Å²) >= 11 is 0. The van der Waals surface area contributed by atoms with Gasteiger partial charge in [-0.3, -0.25) is 4.79 Å². The van der Waals surface area contributed by atoms with E-state index in [4.69, 9.17) is 5.11 Å². The summed E-state index contributed by atoms with van der Waals surface area (Å²) in [6, 6.07) is 0. The fourth-order valence-corrected chi connectivity index (χ4v) is 0.848. The fourth-order valence-electron chi connectivity index (χ4n) is 0.848. The second-order valence-electron chi connectivity index (χ2n) is 2.45. The third-order valence-electron chi connectivity index (χ3n) is 1.33. The van der Waals surface area contributed by atoms with Crippen molar-refractivity contribution in [1.29, 1.82) is 0 Å². The zero-order valence-electron chi connectivity index (χ0n) is 7.17. The van der Waals surface area contributed by atoms with E-state index in [0.717, 1.165) is 6.42 Å². The molecule has 0 bridgehead atoms. The van der Waals surface area contributed by atoms with Crippen molar-refractivity contribution in [1.82, 2.24) is 0 Å². The van der Waals surface area contributed by atoms with Crippen LogP contribution in [0.2, 0.25) is 0 Å². The van der Waals surface area contributed by atoms with Gasteiger partial charge in [-0.05, 0) is 13.3 Å². The van der Waals surface area contributed by atoms with Crippen LogP contribution in [0.25, 0.3) is 0 Å². The van der Waals surface area contributed by atoms with E-state index >= 15 is 0 Å². The van der Waals surface area contributed by atoms with Gasteiger partial charge in [-0.1, -0.05) is 13.3 Å². The van der Waals surface area contributed by atoms with E-state index in [9.17, 15) is 4.79 Å². The summed E-state index contributed by atoms with van der Waals surface area (Å²) in [5.41, 5.74) is 0. The number of aliphatic hydroxyl groups excluding tert-OH is 1. The van der Waals surface area contributed by atoms with Crippen LogP contribution in [-0.4, -0.2) is 41.1 Å². The zero-order valence-corrected chi connectivity index (χ0v) is 7.17. The minimum atomic E-state index is -0.529. The van der Waals surface area contributed by atoms with Crippen molar-refractivity contribution in [3.8, 4) is 0 Å². The van der Waals surface area contributed by atoms with Gasteiger partial charge in [0, 0.05) is 0 Å². The van der Waals surface area contributed by atoms with Gasteiger partial charge in [0.15, 0.2) is 17.4 Å². The molecule has 0 aromatic carbocycles. The van der Waals surface area contributed by atoms with E-state index in [1.165, 1.54) is 0 Å². The molecule has 1 atom stereocenters. The predicted molar refractivity (Wildman–Crippen MR) is 52.1 cm³/mol. The molecule has 0 spiro atoms. The van der Waals surface area contributed by atoms with Crippen molar-refractivity contribution in [3.63, 3.8) is 0 Å². The number of carbonyl (C=O) groups is 1. The van der Waals surface area contributed by atoms with Crippen LogP contribution >= 0.6 is 0 Å². The van der Waals surface area contributed by atoms with E-state index in [-0.39, 0.29) is 29.8 Å². The van der Waals surface area contributed by atoms with Gasteiger partial charge in [0.1, 0.15) is 0 Å². The van der Waals surface area contributed by atoms with Crippen LogP contribution in [0.4, 0.5) is 0 Å². The van der Waals surface area contributed by atoms with Gasteiger partial charge in [0.2, 0.25) is 0 Å². The third kappa shape index (κ3) is 8.06. The zero-order chi connectivity index (χ0) is 8.69. The summed E-state index contributed by atoms with van der Waals surface area (Å²) in [4.78, 5) is 10.7. The molecule has 0 rings (SSSR count). The van der Waals surface area contributed by atoms with Crippen molar-refractivity contribution in [2.24, 2.45) is 0 Å². The molecule has 4 heteroatoms. The van der Waals surface area contributed by atoms with E-state index < -0.39 is 6.10 Å². The van der Waals surface area contributed by atoms with Gasteiger partial charge >= 0.3 is 5.97 Å². The van der Waals surface area contributed by atoms with Crippen molar-refractivity contribution in [2.75, 3.05) is 6.61 Å². The quantitative estimate of drug-likeness (QED) is 0.487. The van der Waals surface area contributed by atoms with Crippen molar-refractivity contribution < 1.29 is 14.6 Å². The minimum Gasteiger partial charge on any atom is -0.466 e. The van der Waals surface area contributed by atoms with Gasteiger partial charge in [-0.2, -0.15) is 0 Å². The van der Waals surface area contributed by atoms with E-state index in [1.807, 2.05) is 6.92 Å². The highest BCUT2D eigenvalue weighted by Gasteiger charge is 2.09. The lowest BCUT2D eigenvalue weighted by Gasteiger charge is -2.07. The number of rotatable bonds is 5.